The lowest BCUT2D eigenvalue weighted by Gasteiger charge is -2.29. The lowest BCUT2D eigenvalue weighted by Crippen LogP contribution is -2.35. The molecule has 2 rings (SSSR count). The largest absolute Gasteiger partial charge is 0.333 e. The van der Waals surface area contributed by atoms with E-state index < -0.39 is 0 Å². The van der Waals surface area contributed by atoms with Crippen LogP contribution in [-0.4, -0.2) is 27.6 Å². The average Bonchev–Trinajstić information content (AvgIpc) is 2.78. The van der Waals surface area contributed by atoms with Crippen molar-refractivity contribution in [2.24, 2.45) is 0 Å². The number of rotatable bonds is 5. The molecule has 1 saturated heterocycles. The number of aryl methyl sites for hydroxylation is 1. The van der Waals surface area contributed by atoms with Crippen molar-refractivity contribution in [1.29, 1.82) is 0 Å². The Labute approximate surface area is 108 Å². The molecule has 2 atom stereocenters. The second kappa shape index (κ2) is 6.45. The maximum Gasteiger partial charge on any atom is 0.0948 e. The van der Waals surface area contributed by atoms with Gasteiger partial charge >= 0.3 is 0 Å². The van der Waals surface area contributed by atoms with Crippen LogP contribution in [0.15, 0.2) is 12.5 Å². The minimum atomic E-state index is 0.510. The van der Waals surface area contributed by atoms with Crippen molar-refractivity contribution in [3.05, 3.63) is 18.2 Å². The predicted octanol–water partition coefficient (Wildman–Crippen LogP) is 2.84. The molecule has 1 fully saturated rings. The fourth-order valence-electron chi connectivity index (χ4n) is 2.56. The van der Waals surface area contributed by atoms with Crippen LogP contribution in [0.1, 0.15) is 44.3 Å². The zero-order valence-electron chi connectivity index (χ0n) is 10.9. The van der Waals surface area contributed by atoms with Crippen LogP contribution in [0.2, 0.25) is 0 Å². The van der Waals surface area contributed by atoms with Gasteiger partial charge in [-0.3, -0.25) is 0 Å². The molecular formula is C13H23N3S. The van der Waals surface area contributed by atoms with E-state index in [-0.39, 0.29) is 0 Å². The van der Waals surface area contributed by atoms with Gasteiger partial charge in [-0.1, -0.05) is 0 Å². The number of imidazole rings is 1. The number of piperidine rings is 1. The van der Waals surface area contributed by atoms with Gasteiger partial charge in [0.15, 0.2) is 0 Å². The number of aromatic nitrogens is 2. The third kappa shape index (κ3) is 3.49. The van der Waals surface area contributed by atoms with Crippen LogP contribution in [-0.2, 0) is 6.54 Å². The molecule has 1 aliphatic rings. The molecule has 0 aliphatic carbocycles. The van der Waals surface area contributed by atoms with Crippen molar-refractivity contribution in [3.63, 3.8) is 0 Å². The second-order valence-corrected chi connectivity index (χ2v) is 5.90. The Kier molecular flexibility index (Phi) is 4.92. The van der Waals surface area contributed by atoms with Crippen LogP contribution in [0, 0.1) is 0 Å². The molecule has 1 aromatic heterocycles. The minimum absolute atomic E-state index is 0.510. The summed E-state index contributed by atoms with van der Waals surface area (Å²) in [6.07, 6.45) is 11.3. The molecule has 2 unspecified atom stereocenters. The first-order chi connectivity index (χ1) is 8.31. The summed E-state index contributed by atoms with van der Waals surface area (Å²) in [5.41, 5.74) is 1.37. The molecule has 3 nitrogen and oxygen atoms in total. The zero-order valence-corrected chi connectivity index (χ0v) is 11.7. The van der Waals surface area contributed by atoms with Gasteiger partial charge in [0.05, 0.1) is 12.0 Å². The number of nitrogens with one attached hydrogen (secondary N) is 1. The quantitative estimate of drug-likeness (QED) is 0.818. The molecule has 0 bridgehead atoms. The number of nitrogens with zero attached hydrogens (tertiary/aromatic N) is 2. The van der Waals surface area contributed by atoms with Gasteiger partial charge in [0.1, 0.15) is 0 Å². The first-order valence-corrected chi connectivity index (χ1v) is 7.95. The van der Waals surface area contributed by atoms with Gasteiger partial charge in [-0.15, -0.1) is 0 Å². The van der Waals surface area contributed by atoms with Crippen LogP contribution in [0.25, 0.3) is 0 Å². The van der Waals surface area contributed by atoms with Gasteiger partial charge in [-0.2, -0.15) is 11.8 Å². The fraction of sp³-hybridized carbons (Fsp3) is 0.769. The van der Waals surface area contributed by atoms with Gasteiger partial charge in [-0.05, 0) is 44.6 Å². The predicted molar refractivity (Wildman–Crippen MR) is 74.4 cm³/mol. The molecule has 2 heterocycles. The van der Waals surface area contributed by atoms with Crippen molar-refractivity contribution < 1.29 is 0 Å². The summed E-state index contributed by atoms with van der Waals surface area (Å²) in [6, 6.07) is 1.15. The molecule has 0 spiro atoms. The Bertz CT molecular complexity index is 337. The van der Waals surface area contributed by atoms with Gasteiger partial charge < -0.3 is 9.88 Å². The van der Waals surface area contributed by atoms with Crippen molar-refractivity contribution in [3.8, 4) is 0 Å². The first-order valence-electron chi connectivity index (χ1n) is 6.56. The Morgan fingerprint density at radius 3 is 3.18 bits per heavy atom. The molecule has 96 valence electrons. The highest BCUT2D eigenvalue weighted by molar-refractivity contribution is 7.98. The van der Waals surface area contributed by atoms with E-state index in [1.807, 2.05) is 24.3 Å². The van der Waals surface area contributed by atoms with E-state index in [0.29, 0.717) is 12.1 Å². The van der Waals surface area contributed by atoms with Gasteiger partial charge in [-0.25, -0.2) is 4.98 Å². The molecule has 0 radical (unpaired) electrons. The molecule has 1 aromatic rings. The highest BCUT2D eigenvalue weighted by Gasteiger charge is 2.21. The SMILES string of the molecule is CSCCCn1cncc1C1CCCC(C)N1. The highest BCUT2D eigenvalue weighted by atomic mass is 32.2. The van der Waals surface area contributed by atoms with E-state index in [2.05, 4.69) is 28.0 Å². The summed E-state index contributed by atoms with van der Waals surface area (Å²) < 4.78 is 2.33. The monoisotopic (exact) mass is 253 g/mol. The first kappa shape index (κ1) is 13.0. The van der Waals surface area contributed by atoms with Gasteiger partial charge in [0, 0.05) is 24.8 Å². The van der Waals surface area contributed by atoms with Crippen LogP contribution >= 0.6 is 11.8 Å². The van der Waals surface area contributed by atoms with Crippen LogP contribution in [0.4, 0.5) is 0 Å². The van der Waals surface area contributed by atoms with E-state index in [9.17, 15) is 0 Å². The third-order valence-corrected chi connectivity index (χ3v) is 4.16. The zero-order chi connectivity index (χ0) is 12.1. The molecule has 0 amide bonds. The second-order valence-electron chi connectivity index (χ2n) is 4.91. The summed E-state index contributed by atoms with van der Waals surface area (Å²) in [5, 5.41) is 3.68. The van der Waals surface area contributed by atoms with Crippen LogP contribution in [0.3, 0.4) is 0 Å². The van der Waals surface area contributed by atoms with E-state index >= 15 is 0 Å². The lowest BCUT2D eigenvalue weighted by molar-refractivity contribution is 0.329. The highest BCUT2D eigenvalue weighted by Crippen LogP contribution is 2.25. The maximum atomic E-state index is 4.32. The summed E-state index contributed by atoms with van der Waals surface area (Å²) in [7, 11) is 0. The molecule has 1 aliphatic heterocycles. The van der Waals surface area contributed by atoms with Crippen LogP contribution in [0.5, 0.6) is 0 Å². The van der Waals surface area contributed by atoms with Crippen molar-refractivity contribution in [1.82, 2.24) is 14.9 Å². The van der Waals surface area contributed by atoms with Crippen molar-refractivity contribution >= 4 is 11.8 Å². The maximum absolute atomic E-state index is 4.32. The Hall–Kier alpha value is -0.480. The van der Waals surface area contributed by atoms with E-state index in [1.54, 1.807) is 0 Å². The minimum Gasteiger partial charge on any atom is -0.333 e. The number of thioether (sulfide) groups is 1. The smallest absolute Gasteiger partial charge is 0.0948 e. The average molecular weight is 253 g/mol. The topological polar surface area (TPSA) is 29.9 Å². The number of hydrogen-bond donors (Lipinski definition) is 1. The Balaban J connectivity index is 1.97. The van der Waals surface area contributed by atoms with Crippen molar-refractivity contribution in [2.45, 2.75) is 51.2 Å². The van der Waals surface area contributed by atoms with E-state index in [0.717, 1.165) is 6.54 Å². The molecular weight excluding hydrogens is 230 g/mol. The van der Waals surface area contributed by atoms with E-state index in [1.165, 1.54) is 37.1 Å². The van der Waals surface area contributed by atoms with Crippen molar-refractivity contribution in [2.75, 3.05) is 12.0 Å². The molecule has 4 heteroatoms. The molecule has 0 saturated carbocycles. The lowest BCUT2D eigenvalue weighted by atomic mass is 9.97. The van der Waals surface area contributed by atoms with Gasteiger partial charge in [0.25, 0.3) is 0 Å². The fourth-order valence-corrected chi connectivity index (χ4v) is 2.98. The molecule has 0 aromatic carbocycles. The van der Waals surface area contributed by atoms with E-state index in [4.69, 9.17) is 0 Å². The Morgan fingerprint density at radius 2 is 2.41 bits per heavy atom. The standard InChI is InChI=1S/C13H23N3S/c1-11-5-3-6-12(15-11)13-9-14-10-16(13)7-4-8-17-2/h9-12,15H,3-8H2,1-2H3. The number of hydrogen-bond acceptors (Lipinski definition) is 3. The summed E-state index contributed by atoms with van der Waals surface area (Å²) in [4.78, 5) is 4.32. The summed E-state index contributed by atoms with van der Waals surface area (Å²) in [6.45, 7) is 3.38. The normalized spacial score (nSPS) is 25.1. The Morgan fingerprint density at radius 1 is 1.53 bits per heavy atom. The summed E-state index contributed by atoms with van der Waals surface area (Å²) in [5.74, 6) is 1.23. The van der Waals surface area contributed by atoms with Crippen LogP contribution < -0.4 is 5.32 Å². The summed E-state index contributed by atoms with van der Waals surface area (Å²) >= 11 is 1.92. The molecule has 1 N–H and O–H groups in total. The third-order valence-electron chi connectivity index (χ3n) is 3.46. The van der Waals surface area contributed by atoms with Gasteiger partial charge in [0.2, 0.25) is 0 Å². The molecule has 17 heavy (non-hydrogen) atoms.